The minimum atomic E-state index is -0.259. The quantitative estimate of drug-likeness (QED) is 0.872. The normalized spacial score (nSPS) is 20.1. The molecule has 1 aromatic heterocycles. The lowest BCUT2D eigenvalue weighted by Gasteiger charge is -2.22. The highest BCUT2D eigenvalue weighted by Gasteiger charge is 2.30. The first kappa shape index (κ1) is 11.8. The summed E-state index contributed by atoms with van der Waals surface area (Å²) in [7, 11) is 0. The van der Waals surface area contributed by atoms with Crippen molar-refractivity contribution in [3.8, 4) is 6.07 Å². The van der Waals surface area contributed by atoms with Crippen molar-refractivity contribution in [2.24, 2.45) is 0 Å². The highest BCUT2D eigenvalue weighted by molar-refractivity contribution is 8.02. The van der Waals surface area contributed by atoms with Crippen molar-refractivity contribution in [3.05, 3.63) is 34.3 Å². The molecule has 0 aromatic carbocycles. The number of nitrogens with one attached hydrogen (secondary N) is 1. The van der Waals surface area contributed by atoms with Gasteiger partial charge in [-0.05, 0) is 25.3 Å². The van der Waals surface area contributed by atoms with Crippen LogP contribution >= 0.6 is 11.8 Å². The topological polar surface area (TPSA) is 66.0 Å². The van der Waals surface area contributed by atoms with Gasteiger partial charge in [0, 0.05) is 6.42 Å². The Balaban J connectivity index is 2.45. The molecule has 1 atom stereocenters. The first-order valence-corrected chi connectivity index (χ1v) is 6.42. The molecule has 0 unspecified atom stereocenters. The summed E-state index contributed by atoms with van der Waals surface area (Å²) in [5.74, 6) is 1.13. The molecule has 0 saturated carbocycles. The fourth-order valence-corrected chi connectivity index (χ4v) is 2.49. The first-order valence-electron chi connectivity index (χ1n) is 5.20. The van der Waals surface area contributed by atoms with Crippen LogP contribution in [0.25, 0.3) is 0 Å². The minimum absolute atomic E-state index is 0.0765. The van der Waals surface area contributed by atoms with Crippen LogP contribution in [-0.4, -0.2) is 12.2 Å². The van der Waals surface area contributed by atoms with E-state index in [1.165, 1.54) is 11.8 Å². The van der Waals surface area contributed by atoms with Crippen molar-refractivity contribution in [3.63, 3.8) is 0 Å². The average molecular weight is 248 g/mol. The fraction of sp³-hybridized carbons (Fsp3) is 0.333. The van der Waals surface area contributed by atoms with Crippen LogP contribution in [-0.2, 0) is 4.79 Å². The Kier molecular flexibility index (Phi) is 3.25. The third kappa shape index (κ3) is 2.22. The molecule has 2 heterocycles. The third-order valence-electron chi connectivity index (χ3n) is 2.66. The number of carbonyl (C=O) groups is 1. The Morgan fingerprint density at radius 1 is 1.59 bits per heavy atom. The molecule has 0 fully saturated rings. The zero-order valence-electron chi connectivity index (χ0n) is 9.61. The van der Waals surface area contributed by atoms with Gasteiger partial charge in [0.1, 0.15) is 11.5 Å². The standard InChI is InChI=1S/C12H12N2O2S/c1-7-3-4-10(16-7)8-5-11(15)14-12(17-2)9(8)6-13/h3-4,8H,5H2,1-2H3,(H,14,15)/t8-/m0/s1. The molecular weight excluding hydrogens is 236 g/mol. The number of amides is 1. The summed E-state index contributed by atoms with van der Waals surface area (Å²) in [4.78, 5) is 11.6. The molecule has 17 heavy (non-hydrogen) atoms. The lowest BCUT2D eigenvalue weighted by molar-refractivity contribution is -0.120. The van der Waals surface area contributed by atoms with Crippen LogP contribution in [0.1, 0.15) is 23.9 Å². The summed E-state index contributed by atoms with van der Waals surface area (Å²) in [6.07, 6.45) is 2.10. The molecule has 5 heteroatoms. The molecule has 0 saturated heterocycles. The van der Waals surface area contributed by atoms with E-state index in [1.54, 1.807) is 0 Å². The number of nitriles is 1. The minimum Gasteiger partial charge on any atom is -0.466 e. The summed E-state index contributed by atoms with van der Waals surface area (Å²) in [6.45, 7) is 1.84. The predicted octanol–water partition coefficient (Wildman–Crippen LogP) is 2.29. The molecule has 0 aliphatic carbocycles. The zero-order valence-corrected chi connectivity index (χ0v) is 10.4. The second-order valence-electron chi connectivity index (χ2n) is 3.81. The Labute approximate surface area is 104 Å². The monoisotopic (exact) mass is 248 g/mol. The molecule has 0 radical (unpaired) electrons. The second-order valence-corrected chi connectivity index (χ2v) is 4.63. The summed E-state index contributed by atoms with van der Waals surface area (Å²) >= 11 is 1.37. The summed E-state index contributed by atoms with van der Waals surface area (Å²) in [5.41, 5.74) is 0.575. The maximum Gasteiger partial charge on any atom is 0.225 e. The van der Waals surface area contributed by atoms with Crippen LogP contribution in [0.4, 0.5) is 0 Å². The van der Waals surface area contributed by atoms with Gasteiger partial charge in [-0.15, -0.1) is 11.8 Å². The fourth-order valence-electron chi connectivity index (χ4n) is 1.86. The SMILES string of the molecule is CSC1=C(C#N)[C@@H](c2ccc(C)o2)CC(=O)N1. The molecule has 0 bridgehead atoms. The maximum absolute atomic E-state index is 11.6. The molecule has 1 amide bonds. The highest BCUT2D eigenvalue weighted by Crippen LogP contribution is 2.35. The van der Waals surface area contributed by atoms with Crippen molar-refractivity contribution >= 4 is 17.7 Å². The Morgan fingerprint density at radius 2 is 2.35 bits per heavy atom. The number of carbonyl (C=O) groups excluding carboxylic acids is 1. The Morgan fingerprint density at radius 3 is 2.88 bits per heavy atom. The molecule has 1 aliphatic rings. The third-order valence-corrected chi connectivity index (χ3v) is 3.39. The van der Waals surface area contributed by atoms with Crippen LogP contribution in [0.5, 0.6) is 0 Å². The first-order chi connectivity index (χ1) is 8.15. The van der Waals surface area contributed by atoms with Crippen molar-refractivity contribution in [1.82, 2.24) is 5.32 Å². The Bertz CT molecular complexity index is 525. The van der Waals surface area contributed by atoms with E-state index >= 15 is 0 Å². The lowest BCUT2D eigenvalue weighted by atomic mass is 9.92. The maximum atomic E-state index is 11.6. The molecule has 1 aromatic rings. The van der Waals surface area contributed by atoms with Crippen LogP contribution in [0.15, 0.2) is 27.2 Å². The van der Waals surface area contributed by atoms with Gasteiger partial charge in [0.25, 0.3) is 0 Å². The molecule has 1 N–H and O–H groups in total. The van der Waals surface area contributed by atoms with Gasteiger partial charge in [-0.3, -0.25) is 4.79 Å². The number of hydrogen-bond acceptors (Lipinski definition) is 4. The lowest BCUT2D eigenvalue weighted by Crippen LogP contribution is -2.30. The van der Waals surface area contributed by atoms with Crippen molar-refractivity contribution in [2.45, 2.75) is 19.3 Å². The van der Waals surface area contributed by atoms with E-state index in [9.17, 15) is 10.1 Å². The van der Waals surface area contributed by atoms with Crippen molar-refractivity contribution in [2.75, 3.05) is 6.26 Å². The summed E-state index contributed by atoms with van der Waals surface area (Å²) in [5, 5.41) is 12.5. The van der Waals surface area contributed by atoms with Crippen LogP contribution < -0.4 is 5.32 Å². The molecule has 0 spiro atoms. The number of allylic oxidation sites excluding steroid dienone is 1. The number of hydrogen-bond donors (Lipinski definition) is 1. The second kappa shape index (κ2) is 4.68. The van der Waals surface area contributed by atoms with Gasteiger partial charge < -0.3 is 9.73 Å². The van der Waals surface area contributed by atoms with Gasteiger partial charge in [0.15, 0.2) is 0 Å². The summed E-state index contributed by atoms with van der Waals surface area (Å²) in [6, 6.07) is 5.84. The van der Waals surface area contributed by atoms with Gasteiger partial charge in [0.2, 0.25) is 5.91 Å². The van der Waals surface area contributed by atoms with Crippen molar-refractivity contribution < 1.29 is 9.21 Å². The van der Waals surface area contributed by atoms with E-state index in [1.807, 2.05) is 25.3 Å². The summed E-state index contributed by atoms with van der Waals surface area (Å²) < 4.78 is 5.52. The van der Waals surface area contributed by atoms with E-state index in [-0.39, 0.29) is 18.2 Å². The van der Waals surface area contributed by atoms with Gasteiger partial charge >= 0.3 is 0 Å². The average Bonchev–Trinajstić information content (AvgIpc) is 2.74. The smallest absolute Gasteiger partial charge is 0.225 e. The van der Waals surface area contributed by atoms with E-state index in [0.29, 0.717) is 16.4 Å². The van der Waals surface area contributed by atoms with E-state index in [4.69, 9.17) is 4.42 Å². The van der Waals surface area contributed by atoms with Gasteiger partial charge in [-0.25, -0.2) is 0 Å². The predicted molar refractivity (Wildman–Crippen MR) is 65.1 cm³/mol. The molecular formula is C12H12N2O2S. The number of furan rings is 1. The van der Waals surface area contributed by atoms with Crippen LogP contribution in [0, 0.1) is 18.3 Å². The van der Waals surface area contributed by atoms with Gasteiger partial charge in [-0.2, -0.15) is 5.26 Å². The number of nitrogens with zero attached hydrogens (tertiary/aromatic N) is 1. The van der Waals surface area contributed by atoms with E-state index < -0.39 is 0 Å². The molecule has 1 aliphatic heterocycles. The van der Waals surface area contributed by atoms with Gasteiger partial charge in [0.05, 0.1) is 22.6 Å². The number of rotatable bonds is 2. The van der Waals surface area contributed by atoms with E-state index in [2.05, 4.69) is 11.4 Å². The number of aryl methyl sites for hydroxylation is 1. The van der Waals surface area contributed by atoms with Crippen molar-refractivity contribution in [1.29, 1.82) is 5.26 Å². The zero-order chi connectivity index (χ0) is 12.4. The van der Waals surface area contributed by atoms with Crippen LogP contribution in [0.3, 0.4) is 0 Å². The molecule has 88 valence electrons. The largest absolute Gasteiger partial charge is 0.466 e. The molecule has 4 nitrogen and oxygen atoms in total. The van der Waals surface area contributed by atoms with Gasteiger partial charge in [-0.1, -0.05) is 0 Å². The molecule has 2 rings (SSSR count). The Hall–Kier alpha value is -1.67. The van der Waals surface area contributed by atoms with E-state index in [0.717, 1.165) is 5.76 Å². The van der Waals surface area contributed by atoms with Crippen LogP contribution in [0.2, 0.25) is 0 Å². The highest BCUT2D eigenvalue weighted by atomic mass is 32.2. The number of thioether (sulfide) groups is 1.